The number of hydrogen-bond donors (Lipinski definition) is 2. The maximum atomic E-state index is 12.3. The number of hydrogen-bond acceptors (Lipinski definition) is 4. The summed E-state index contributed by atoms with van der Waals surface area (Å²) in [6.45, 7) is 0.278. The zero-order valence-corrected chi connectivity index (χ0v) is 14.7. The van der Waals surface area contributed by atoms with Crippen LogP contribution in [0.1, 0.15) is 36.0 Å². The van der Waals surface area contributed by atoms with Crippen molar-refractivity contribution in [3.63, 3.8) is 0 Å². The molecule has 1 rings (SSSR count). The highest BCUT2D eigenvalue weighted by atomic mass is 32.2. The Morgan fingerprint density at radius 2 is 1.84 bits per heavy atom. The zero-order chi connectivity index (χ0) is 19.3. The van der Waals surface area contributed by atoms with Gasteiger partial charge in [0.05, 0.1) is 11.3 Å². The number of halogens is 3. The summed E-state index contributed by atoms with van der Waals surface area (Å²) < 4.78 is 61.8. The van der Waals surface area contributed by atoms with Gasteiger partial charge in [-0.1, -0.05) is 6.42 Å². The van der Waals surface area contributed by atoms with Crippen molar-refractivity contribution in [2.75, 3.05) is 26.0 Å². The van der Waals surface area contributed by atoms with Gasteiger partial charge >= 0.3 is 12.1 Å². The van der Waals surface area contributed by atoms with Crippen LogP contribution in [0.15, 0.2) is 23.1 Å². The van der Waals surface area contributed by atoms with Crippen LogP contribution < -0.4 is 5.32 Å². The summed E-state index contributed by atoms with van der Waals surface area (Å²) in [6.07, 6.45) is -4.24. The topological polar surface area (TPSA) is 86.7 Å². The number of unbranched alkanes of at least 4 members (excludes halogenated alkanes) is 2. The van der Waals surface area contributed by atoms with E-state index in [0.717, 1.165) is 10.4 Å². The van der Waals surface area contributed by atoms with Gasteiger partial charge in [-0.25, -0.2) is 17.5 Å². The number of rotatable bonds is 9. The molecule has 0 aliphatic heterocycles. The Balaban J connectivity index is 2.81. The number of anilines is 1. The van der Waals surface area contributed by atoms with Gasteiger partial charge in [-0.2, -0.15) is 13.2 Å². The molecule has 1 aromatic carbocycles. The minimum Gasteiger partial charge on any atom is -0.478 e. The Morgan fingerprint density at radius 3 is 2.36 bits per heavy atom. The molecule has 0 unspecified atom stereocenters. The third-order valence-corrected chi connectivity index (χ3v) is 5.29. The lowest BCUT2D eigenvalue weighted by atomic mass is 10.1. The summed E-state index contributed by atoms with van der Waals surface area (Å²) in [5, 5.41) is 11.9. The maximum absolute atomic E-state index is 12.3. The van der Waals surface area contributed by atoms with Gasteiger partial charge < -0.3 is 10.4 Å². The van der Waals surface area contributed by atoms with Crippen molar-refractivity contribution in [1.82, 2.24) is 4.31 Å². The SMILES string of the molecule is CN(C)S(=O)(=O)c1cc(C(=O)O)ccc1NCCCCCC(F)(F)F. The lowest BCUT2D eigenvalue weighted by molar-refractivity contribution is -0.135. The van der Waals surface area contributed by atoms with Crippen LogP contribution in [0, 0.1) is 0 Å². The van der Waals surface area contributed by atoms with E-state index in [0.29, 0.717) is 12.8 Å². The first-order valence-corrected chi connectivity index (χ1v) is 8.99. The van der Waals surface area contributed by atoms with E-state index in [1.807, 2.05) is 0 Å². The number of nitrogens with one attached hydrogen (secondary N) is 1. The lowest BCUT2D eigenvalue weighted by Gasteiger charge is -2.17. The van der Waals surface area contributed by atoms with E-state index in [4.69, 9.17) is 5.11 Å². The maximum Gasteiger partial charge on any atom is 0.389 e. The van der Waals surface area contributed by atoms with E-state index in [1.54, 1.807) is 0 Å². The van der Waals surface area contributed by atoms with Gasteiger partial charge in [0.1, 0.15) is 4.90 Å². The number of aromatic carboxylic acids is 1. The van der Waals surface area contributed by atoms with Gasteiger partial charge in [-0.3, -0.25) is 0 Å². The molecule has 0 heterocycles. The van der Waals surface area contributed by atoms with Crippen molar-refractivity contribution in [3.05, 3.63) is 23.8 Å². The smallest absolute Gasteiger partial charge is 0.389 e. The van der Waals surface area contributed by atoms with Crippen LogP contribution in [0.5, 0.6) is 0 Å². The van der Waals surface area contributed by atoms with Gasteiger partial charge in [-0.15, -0.1) is 0 Å². The van der Waals surface area contributed by atoms with Crippen LogP contribution in [-0.4, -0.2) is 50.6 Å². The van der Waals surface area contributed by atoms with Crippen LogP contribution in [0.25, 0.3) is 0 Å². The molecule has 0 aliphatic carbocycles. The fourth-order valence-corrected chi connectivity index (χ4v) is 3.15. The fourth-order valence-electron chi connectivity index (χ4n) is 2.06. The predicted octanol–water partition coefficient (Wildman–Crippen LogP) is 3.17. The van der Waals surface area contributed by atoms with Gasteiger partial charge in [0.15, 0.2) is 0 Å². The van der Waals surface area contributed by atoms with E-state index in [2.05, 4.69) is 5.32 Å². The van der Waals surface area contributed by atoms with E-state index >= 15 is 0 Å². The first kappa shape index (κ1) is 21.2. The molecule has 142 valence electrons. The molecule has 0 radical (unpaired) electrons. The molecular formula is C15H21F3N2O4S. The molecular weight excluding hydrogens is 361 g/mol. The number of carboxylic acids is 1. The molecule has 10 heteroatoms. The summed E-state index contributed by atoms with van der Waals surface area (Å²) in [7, 11) is -1.23. The van der Waals surface area contributed by atoms with Crippen molar-refractivity contribution in [1.29, 1.82) is 0 Å². The molecule has 25 heavy (non-hydrogen) atoms. The van der Waals surface area contributed by atoms with Gasteiger partial charge in [-0.05, 0) is 31.0 Å². The van der Waals surface area contributed by atoms with Crippen molar-refractivity contribution >= 4 is 21.7 Å². The molecule has 1 aromatic rings. The first-order chi connectivity index (χ1) is 11.4. The highest BCUT2D eigenvalue weighted by Gasteiger charge is 2.26. The van der Waals surface area contributed by atoms with Crippen LogP contribution in [-0.2, 0) is 10.0 Å². The summed E-state index contributed by atoms with van der Waals surface area (Å²) in [5.74, 6) is -1.26. The Hall–Kier alpha value is -1.81. The van der Waals surface area contributed by atoms with Gasteiger partial charge in [0.25, 0.3) is 0 Å². The summed E-state index contributed by atoms with van der Waals surface area (Å²) in [4.78, 5) is 10.9. The number of alkyl halides is 3. The Bertz CT molecular complexity index is 703. The second-order valence-electron chi connectivity index (χ2n) is 5.66. The largest absolute Gasteiger partial charge is 0.478 e. The molecule has 0 spiro atoms. The number of carbonyl (C=O) groups is 1. The van der Waals surface area contributed by atoms with Crippen molar-refractivity contribution in [2.45, 2.75) is 36.8 Å². The van der Waals surface area contributed by atoms with Gasteiger partial charge in [0.2, 0.25) is 10.0 Å². The second-order valence-corrected chi connectivity index (χ2v) is 7.78. The lowest BCUT2D eigenvalue weighted by Crippen LogP contribution is -2.24. The van der Waals surface area contributed by atoms with Crippen LogP contribution in [0.2, 0.25) is 0 Å². The second kappa shape index (κ2) is 8.52. The zero-order valence-electron chi connectivity index (χ0n) is 13.9. The number of nitrogens with zero attached hydrogens (tertiary/aromatic N) is 1. The molecule has 0 bridgehead atoms. The monoisotopic (exact) mass is 382 g/mol. The van der Waals surface area contributed by atoms with Crippen molar-refractivity contribution < 1.29 is 31.5 Å². The normalized spacial score (nSPS) is 12.4. The van der Waals surface area contributed by atoms with Crippen LogP contribution in [0.4, 0.5) is 18.9 Å². The Labute approximate surface area is 144 Å². The molecule has 2 N–H and O–H groups in total. The average Bonchev–Trinajstić information content (AvgIpc) is 2.49. The third-order valence-electron chi connectivity index (χ3n) is 3.44. The van der Waals surface area contributed by atoms with Crippen LogP contribution >= 0.6 is 0 Å². The highest BCUT2D eigenvalue weighted by Crippen LogP contribution is 2.26. The quantitative estimate of drug-likeness (QED) is 0.641. The van der Waals surface area contributed by atoms with E-state index in [-0.39, 0.29) is 29.1 Å². The number of benzene rings is 1. The van der Waals surface area contributed by atoms with E-state index < -0.39 is 28.6 Å². The average molecular weight is 382 g/mol. The molecule has 0 aliphatic rings. The molecule has 0 fully saturated rings. The minimum absolute atomic E-state index is 0.00594. The van der Waals surface area contributed by atoms with E-state index in [1.165, 1.54) is 26.2 Å². The van der Waals surface area contributed by atoms with Crippen molar-refractivity contribution in [2.24, 2.45) is 0 Å². The van der Waals surface area contributed by atoms with E-state index in [9.17, 15) is 26.4 Å². The molecule has 0 saturated carbocycles. The first-order valence-electron chi connectivity index (χ1n) is 7.55. The number of sulfonamides is 1. The predicted molar refractivity (Wildman–Crippen MR) is 87.3 cm³/mol. The Morgan fingerprint density at radius 1 is 1.20 bits per heavy atom. The third kappa shape index (κ3) is 6.54. The molecule has 0 aromatic heterocycles. The summed E-state index contributed by atoms with van der Waals surface area (Å²) in [5.41, 5.74) is 0.0469. The molecule has 0 amide bonds. The van der Waals surface area contributed by atoms with Gasteiger partial charge in [0, 0.05) is 27.1 Å². The number of carboxylic acid groups (broad SMARTS) is 1. The van der Waals surface area contributed by atoms with Crippen molar-refractivity contribution in [3.8, 4) is 0 Å². The highest BCUT2D eigenvalue weighted by molar-refractivity contribution is 7.89. The Kier molecular flexibility index (Phi) is 7.24. The van der Waals surface area contributed by atoms with Crippen LogP contribution in [0.3, 0.4) is 0 Å². The molecule has 0 atom stereocenters. The molecule has 6 nitrogen and oxygen atoms in total. The summed E-state index contributed by atoms with van der Waals surface area (Å²) in [6, 6.07) is 3.67. The molecule has 0 saturated heterocycles. The fraction of sp³-hybridized carbons (Fsp3) is 0.533. The minimum atomic E-state index is -4.17. The summed E-state index contributed by atoms with van der Waals surface area (Å²) >= 11 is 0. The standard InChI is InChI=1S/C15H21F3N2O4S/c1-20(2)25(23,24)13-10-11(14(21)22)6-7-12(13)19-9-5-3-4-8-15(16,17)18/h6-7,10,19H,3-5,8-9H2,1-2H3,(H,21,22).